The van der Waals surface area contributed by atoms with Crippen molar-refractivity contribution in [2.45, 2.75) is 18.4 Å². The lowest BCUT2D eigenvalue weighted by molar-refractivity contribution is -0.115. The maximum atomic E-state index is 12.6. The van der Waals surface area contributed by atoms with Crippen LogP contribution in [0.25, 0.3) is 0 Å². The molecule has 0 saturated carbocycles. The van der Waals surface area contributed by atoms with Crippen molar-refractivity contribution in [1.82, 2.24) is 9.88 Å². The summed E-state index contributed by atoms with van der Waals surface area (Å²) in [7, 11) is 1.74. The highest BCUT2D eigenvalue weighted by atomic mass is 32.2. The summed E-state index contributed by atoms with van der Waals surface area (Å²) in [5, 5.41) is 2.93. The Kier molecular flexibility index (Phi) is 5.57. The van der Waals surface area contributed by atoms with E-state index in [-0.39, 0.29) is 11.7 Å². The van der Waals surface area contributed by atoms with Gasteiger partial charge in [-0.3, -0.25) is 9.59 Å². The third-order valence-electron chi connectivity index (χ3n) is 2.90. The predicted molar refractivity (Wildman–Crippen MR) is 89.0 cm³/mol. The van der Waals surface area contributed by atoms with Crippen molar-refractivity contribution in [3.8, 4) is 0 Å². The van der Waals surface area contributed by atoms with Gasteiger partial charge in [0.1, 0.15) is 0 Å². The van der Waals surface area contributed by atoms with Crippen molar-refractivity contribution in [3.05, 3.63) is 45.9 Å². The fourth-order valence-corrected chi connectivity index (χ4v) is 3.31. The zero-order chi connectivity index (χ0) is 16.1. The van der Waals surface area contributed by atoms with Crippen molar-refractivity contribution < 1.29 is 9.59 Å². The minimum atomic E-state index is -0.404. The second-order valence-electron chi connectivity index (χ2n) is 4.77. The monoisotopic (exact) mass is 335 g/mol. The standard InChI is InChI=1S/C15H17N3O2S2/c1-10-17-11(8-21-10)7-18(2)15(20)12-5-3-4-6-13(12)22-9-14(16)19/h3-6,8H,7,9H2,1-2H3,(H2,16,19). The Labute approximate surface area is 137 Å². The first-order chi connectivity index (χ1) is 10.5. The molecule has 116 valence electrons. The summed E-state index contributed by atoms with van der Waals surface area (Å²) in [4.78, 5) is 30.3. The summed E-state index contributed by atoms with van der Waals surface area (Å²) < 4.78 is 0. The molecule has 2 amide bonds. The van der Waals surface area contributed by atoms with Gasteiger partial charge in [-0.15, -0.1) is 23.1 Å². The number of rotatable bonds is 6. The maximum absolute atomic E-state index is 12.6. The highest BCUT2D eigenvalue weighted by molar-refractivity contribution is 8.00. The molecule has 5 nitrogen and oxygen atoms in total. The number of nitrogens with two attached hydrogens (primary N) is 1. The summed E-state index contributed by atoms with van der Waals surface area (Å²) >= 11 is 2.84. The van der Waals surface area contributed by atoms with Gasteiger partial charge in [-0.2, -0.15) is 0 Å². The molecule has 1 aromatic carbocycles. The second kappa shape index (κ2) is 7.42. The molecule has 0 unspecified atom stereocenters. The van der Waals surface area contributed by atoms with Crippen molar-refractivity contribution in [2.75, 3.05) is 12.8 Å². The zero-order valence-corrected chi connectivity index (χ0v) is 14.0. The number of hydrogen-bond acceptors (Lipinski definition) is 5. The van der Waals surface area contributed by atoms with Gasteiger partial charge >= 0.3 is 0 Å². The molecule has 0 aliphatic carbocycles. The molecule has 2 N–H and O–H groups in total. The van der Waals surface area contributed by atoms with Gasteiger partial charge in [0.2, 0.25) is 5.91 Å². The van der Waals surface area contributed by atoms with E-state index in [0.717, 1.165) is 15.6 Å². The van der Waals surface area contributed by atoms with Gasteiger partial charge in [0.05, 0.1) is 28.6 Å². The Bertz CT molecular complexity index is 685. The van der Waals surface area contributed by atoms with E-state index in [1.165, 1.54) is 11.8 Å². The molecule has 7 heteroatoms. The summed E-state index contributed by atoms with van der Waals surface area (Å²) in [6.45, 7) is 2.39. The van der Waals surface area contributed by atoms with E-state index in [0.29, 0.717) is 12.1 Å². The summed E-state index contributed by atoms with van der Waals surface area (Å²) in [6, 6.07) is 7.22. The van der Waals surface area contributed by atoms with Gasteiger partial charge in [-0.05, 0) is 19.1 Å². The molecule has 0 saturated heterocycles. The molecule has 22 heavy (non-hydrogen) atoms. The molecule has 0 spiro atoms. The van der Waals surface area contributed by atoms with Crippen molar-refractivity contribution in [3.63, 3.8) is 0 Å². The number of hydrogen-bond donors (Lipinski definition) is 1. The number of benzene rings is 1. The van der Waals surface area contributed by atoms with Crippen molar-refractivity contribution in [1.29, 1.82) is 0 Å². The fourth-order valence-electron chi connectivity index (χ4n) is 1.92. The van der Waals surface area contributed by atoms with E-state index >= 15 is 0 Å². The van der Waals surface area contributed by atoms with Crippen molar-refractivity contribution in [2.24, 2.45) is 5.73 Å². The topological polar surface area (TPSA) is 76.3 Å². The van der Waals surface area contributed by atoms with Crippen LogP contribution in [0.5, 0.6) is 0 Å². The van der Waals surface area contributed by atoms with Gasteiger partial charge in [-0.1, -0.05) is 12.1 Å². The summed E-state index contributed by atoms with van der Waals surface area (Å²) in [6.07, 6.45) is 0. The van der Waals surface area contributed by atoms with Crippen LogP contribution in [0.2, 0.25) is 0 Å². The van der Waals surface area contributed by atoms with Crippen LogP contribution < -0.4 is 5.73 Å². The molecular weight excluding hydrogens is 318 g/mol. The van der Waals surface area contributed by atoms with Gasteiger partial charge in [-0.25, -0.2) is 4.98 Å². The van der Waals surface area contributed by atoms with Crippen LogP contribution in [0.3, 0.4) is 0 Å². The van der Waals surface area contributed by atoms with Crippen molar-refractivity contribution >= 4 is 34.9 Å². The molecule has 2 rings (SSSR count). The zero-order valence-electron chi connectivity index (χ0n) is 12.4. The highest BCUT2D eigenvalue weighted by Gasteiger charge is 2.17. The molecular formula is C15H17N3O2S2. The largest absolute Gasteiger partial charge is 0.369 e. The number of primary amides is 1. The minimum Gasteiger partial charge on any atom is -0.369 e. The second-order valence-corrected chi connectivity index (χ2v) is 6.85. The number of thiazole rings is 1. The van der Waals surface area contributed by atoms with E-state index in [9.17, 15) is 9.59 Å². The number of amides is 2. The van der Waals surface area contributed by atoms with Gasteiger partial charge in [0.25, 0.3) is 5.91 Å². The highest BCUT2D eigenvalue weighted by Crippen LogP contribution is 2.24. The molecule has 1 heterocycles. The average Bonchev–Trinajstić information content (AvgIpc) is 2.89. The predicted octanol–water partition coefficient (Wildman–Crippen LogP) is 2.30. The first-order valence-electron chi connectivity index (χ1n) is 6.64. The summed E-state index contributed by atoms with van der Waals surface area (Å²) in [5.74, 6) is -0.351. The maximum Gasteiger partial charge on any atom is 0.255 e. The average molecular weight is 335 g/mol. The molecule has 2 aromatic rings. The molecule has 0 fully saturated rings. The molecule has 1 aromatic heterocycles. The van der Waals surface area contributed by atoms with Gasteiger partial charge in [0, 0.05) is 17.3 Å². The number of thioether (sulfide) groups is 1. The van der Waals surface area contributed by atoms with Crippen LogP contribution in [-0.2, 0) is 11.3 Å². The Balaban J connectivity index is 2.12. The van der Waals surface area contributed by atoms with Crippen LogP contribution in [0.1, 0.15) is 21.1 Å². The smallest absolute Gasteiger partial charge is 0.255 e. The first-order valence-corrected chi connectivity index (χ1v) is 8.50. The van der Waals surface area contributed by atoms with E-state index in [4.69, 9.17) is 5.73 Å². The van der Waals surface area contributed by atoms with Crippen LogP contribution >= 0.6 is 23.1 Å². The fraction of sp³-hybridized carbons (Fsp3) is 0.267. The van der Waals surface area contributed by atoms with E-state index in [1.54, 1.807) is 29.4 Å². The van der Waals surface area contributed by atoms with Crippen LogP contribution in [0.4, 0.5) is 0 Å². The summed E-state index contributed by atoms with van der Waals surface area (Å²) in [5.41, 5.74) is 6.62. The van der Waals surface area contributed by atoms with Crippen LogP contribution in [-0.4, -0.2) is 34.5 Å². The Morgan fingerprint density at radius 3 is 2.73 bits per heavy atom. The first kappa shape index (κ1) is 16.5. The molecule has 0 radical (unpaired) electrons. The van der Waals surface area contributed by atoms with E-state index < -0.39 is 5.91 Å². The Morgan fingerprint density at radius 2 is 2.09 bits per heavy atom. The molecule has 0 bridgehead atoms. The SMILES string of the molecule is Cc1nc(CN(C)C(=O)c2ccccc2SCC(N)=O)cs1. The number of aromatic nitrogens is 1. The third kappa shape index (κ3) is 4.32. The number of carbonyl (C=O) groups is 2. The normalized spacial score (nSPS) is 10.5. The van der Waals surface area contributed by atoms with Crippen LogP contribution in [0.15, 0.2) is 34.5 Å². The van der Waals surface area contributed by atoms with E-state index in [2.05, 4.69) is 4.98 Å². The molecule has 0 aliphatic heterocycles. The number of aryl methyl sites for hydroxylation is 1. The van der Waals surface area contributed by atoms with Gasteiger partial charge < -0.3 is 10.6 Å². The number of nitrogens with zero attached hydrogens (tertiary/aromatic N) is 2. The lowest BCUT2D eigenvalue weighted by Crippen LogP contribution is -2.27. The Hall–Kier alpha value is -1.86. The minimum absolute atomic E-state index is 0.0989. The Morgan fingerprint density at radius 1 is 1.36 bits per heavy atom. The molecule has 0 aliphatic rings. The lowest BCUT2D eigenvalue weighted by Gasteiger charge is -2.17. The lowest BCUT2D eigenvalue weighted by atomic mass is 10.2. The molecule has 0 atom stereocenters. The third-order valence-corrected chi connectivity index (χ3v) is 4.82. The van der Waals surface area contributed by atoms with Gasteiger partial charge in [0.15, 0.2) is 0 Å². The van der Waals surface area contributed by atoms with E-state index in [1.807, 2.05) is 30.5 Å². The quantitative estimate of drug-likeness (QED) is 0.822. The number of carbonyl (C=O) groups excluding carboxylic acids is 2. The van der Waals surface area contributed by atoms with Crippen LogP contribution in [0, 0.1) is 6.92 Å².